The first-order valence-electron chi connectivity index (χ1n) is 6.56. The lowest BCUT2D eigenvalue weighted by Gasteiger charge is -2.21. The zero-order valence-corrected chi connectivity index (χ0v) is 10.7. The Hall–Kier alpha value is -1.52. The zero-order valence-electron chi connectivity index (χ0n) is 10.7. The van der Waals surface area contributed by atoms with Gasteiger partial charge in [0.2, 0.25) is 0 Å². The summed E-state index contributed by atoms with van der Waals surface area (Å²) < 4.78 is 7.09. The van der Waals surface area contributed by atoms with E-state index in [1.54, 1.807) is 19.3 Å². The molecule has 5 heteroatoms. The summed E-state index contributed by atoms with van der Waals surface area (Å²) in [5, 5.41) is 12.9. The van der Waals surface area contributed by atoms with Gasteiger partial charge in [-0.2, -0.15) is 5.10 Å². The summed E-state index contributed by atoms with van der Waals surface area (Å²) in [5.74, 6) is 0.407. The molecule has 18 heavy (non-hydrogen) atoms. The molecule has 1 aromatic rings. The van der Waals surface area contributed by atoms with Crippen molar-refractivity contribution in [2.24, 2.45) is 5.92 Å². The van der Waals surface area contributed by atoms with E-state index in [0.29, 0.717) is 18.3 Å². The zero-order chi connectivity index (χ0) is 13.0. The van der Waals surface area contributed by atoms with Crippen LogP contribution in [-0.2, 0) is 4.79 Å². The molecule has 100 valence electrons. The van der Waals surface area contributed by atoms with Crippen molar-refractivity contribution >= 4 is 5.97 Å². The number of carbonyl (C=O) groups is 1. The van der Waals surface area contributed by atoms with Crippen LogP contribution in [-0.4, -0.2) is 27.5 Å². The van der Waals surface area contributed by atoms with Crippen LogP contribution in [0.3, 0.4) is 0 Å². The van der Waals surface area contributed by atoms with Gasteiger partial charge in [-0.05, 0) is 25.7 Å². The Kier molecular flexibility index (Phi) is 4.23. The van der Waals surface area contributed by atoms with Crippen LogP contribution in [0.15, 0.2) is 12.4 Å². The molecule has 5 nitrogen and oxygen atoms in total. The summed E-state index contributed by atoms with van der Waals surface area (Å²) in [6.45, 7) is 2.31. The molecule has 1 aliphatic carbocycles. The predicted molar refractivity (Wildman–Crippen MR) is 66.6 cm³/mol. The van der Waals surface area contributed by atoms with Gasteiger partial charge >= 0.3 is 5.97 Å². The first-order valence-corrected chi connectivity index (χ1v) is 6.56. The van der Waals surface area contributed by atoms with Gasteiger partial charge < -0.3 is 9.84 Å². The molecular weight excluding hydrogens is 232 g/mol. The lowest BCUT2D eigenvalue weighted by Crippen LogP contribution is -2.16. The molecule has 1 aromatic heterocycles. The Labute approximate surface area is 107 Å². The average Bonchev–Trinajstić information content (AvgIpc) is 2.85. The standard InChI is InChI=1S/C13H20N2O3/c1-10(13(16)17)15-8-12(7-14-15)18-9-11-5-3-2-4-6-11/h7-8,10-11H,2-6,9H2,1H3,(H,16,17). The largest absolute Gasteiger partial charge is 0.490 e. The minimum Gasteiger partial charge on any atom is -0.490 e. The van der Waals surface area contributed by atoms with Crippen LogP contribution >= 0.6 is 0 Å². The molecule has 1 N–H and O–H groups in total. The second kappa shape index (κ2) is 5.89. The number of hydrogen-bond donors (Lipinski definition) is 1. The quantitative estimate of drug-likeness (QED) is 0.874. The molecule has 0 bridgehead atoms. The lowest BCUT2D eigenvalue weighted by molar-refractivity contribution is -0.140. The number of carboxylic acids is 1. The number of nitrogens with zero attached hydrogens (tertiary/aromatic N) is 2. The Morgan fingerprint density at radius 2 is 2.28 bits per heavy atom. The molecule has 1 aliphatic rings. The molecule has 0 saturated heterocycles. The molecule has 1 atom stereocenters. The van der Waals surface area contributed by atoms with E-state index in [1.165, 1.54) is 36.8 Å². The third kappa shape index (κ3) is 3.24. The third-order valence-corrected chi connectivity index (χ3v) is 3.54. The Morgan fingerprint density at radius 3 is 2.94 bits per heavy atom. The van der Waals surface area contributed by atoms with Crippen LogP contribution < -0.4 is 4.74 Å². The Balaban J connectivity index is 1.84. The van der Waals surface area contributed by atoms with Gasteiger partial charge in [0.25, 0.3) is 0 Å². The second-order valence-corrected chi connectivity index (χ2v) is 4.99. The van der Waals surface area contributed by atoms with E-state index >= 15 is 0 Å². The van der Waals surface area contributed by atoms with Gasteiger partial charge in [0, 0.05) is 0 Å². The first-order chi connectivity index (χ1) is 8.66. The van der Waals surface area contributed by atoms with Gasteiger partial charge in [-0.3, -0.25) is 4.68 Å². The molecule has 0 radical (unpaired) electrons. The van der Waals surface area contributed by atoms with E-state index in [2.05, 4.69) is 5.10 Å². The monoisotopic (exact) mass is 252 g/mol. The van der Waals surface area contributed by atoms with Gasteiger partial charge in [0.15, 0.2) is 5.75 Å². The molecule has 0 aliphatic heterocycles. The van der Waals surface area contributed by atoms with Crippen LogP contribution in [0.1, 0.15) is 45.1 Å². The van der Waals surface area contributed by atoms with Crippen molar-refractivity contribution in [2.75, 3.05) is 6.61 Å². The van der Waals surface area contributed by atoms with Crippen molar-refractivity contribution in [3.05, 3.63) is 12.4 Å². The minimum atomic E-state index is -0.892. The molecule has 0 spiro atoms. The van der Waals surface area contributed by atoms with E-state index in [0.717, 1.165) is 0 Å². The number of hydrogen-bond acceptors (Lipinski definition) is 3. The number of aromatic nitrogens is 2. The Morgan fingerprint density at radius 1 is 1.56 bits per heavy atom. The average molecular weight is 252 g/mol. The van der Waals surface area contributed by atoms with Gasteiger partial charge in [0.05, 0.1) is 19.0 Å². The van der Waals surface area contributed by atoms with Crippen LogP contribution in [0, 0.1) is 5.92 Å². The fourth-order valence-electron chi connectivity index (χ4n) is 2.29. The molecule has 1 saturated carbocycles. The van der Waals surface area contributed by atoms with Crippen molar-refractivity contribution in [1.82, 2.24) is 9.78 Å². The SMILES string of the molecule is CC(C(=O)O)n1cc(OCC2CCCCC2)cn1. The van der Waals surface area contributed by atoms with E-state index in [9.17, 15) is 4.79 Å². The minimum absolute atomic E-state index is 0.638. The van der Waals surface area contributed by atoms with E-state index in [-0.39, 0.29) is 0 Å². The predicted octanol–water partition coefficient (Wildman–Crippen LogP) is 2.49. The molecule has 0 aromatic carbocycles. The maximum Gasteiger partial charge on any atom is 0.328 e. The van der Waals surface area contributed by atoms with Crippen LogP contribution in [0.4, 0.5) is 0 Å². The highest BCUT2D eigenvalue weighted by molar-refractivity contribution is 5.71. The molecule has 1 unspecified atom stereocenters. The topological polar surface area (TPSA) is 64.3 Å². The molecule has 2 rings (SSSR count). The van der Waals surface area contributed by atoms with E-state index in [4.69, 9.17) is 9.84 Å². The summed E-state index contributed by atoms with van der Waals surface area (Å²) in [7, 11) is 0. The normalized spacial score (nSPS) is 18.5. The third-order valence-electron chi connectivity index (χ3n) is 3.54. The molecular formula is C13H20N2O3. The summed E-state index contributed by atoms with van der Waals surface area (Å²) >= 11 is 0. The summed E-state index contributed by atoms with van der Waals surface area (Å²) in [6, 6.07) is -0.656. The van der Waals surface area contributed by atoms with Crippen molar-refractivity contribution in [1.29, 1.82) is 0 Å². The summed E-state index contributed by atoms with van der Waals surface area (Å²) in [5.41, 5.74) is 0. The highest BCUT2D eigenvalue weighted by atomic mass is 16.5. The highest BCUT2D eigenvalue weighted by Crippen LogP contribution is 2.24. The van der Waals surface area contributed by atoms with Crippen molar-refractivity contribution in [3.8, 4) is 5.75 Å². The molecule has 1 fully saturated rings. The van der Waals surface area contributed by atoms with E-state index in [1.807, 2.05) is 0 Å². The summed E-state index contributed by atoms with van der Waals surface area (Å²) in [6.07, 6.45) is 9.64. The van der Waals surface area contributed by atoms with Gasteiger partial charge in [-0.15, -0.1) is 0 Å². The van der Waals surface area contributed by atoms with Crippen molar-refractivity contribution in [2.45, 2.75) is 45.1 Å². The Bertz CT molecular complexity index is 397. The van der Waals surface area contributed by atoms with Gasteiger partial charge in [-0.25, -0.2) is 4.79 Å². The van der Waals surface area contributed by atoms with Crippen molar-refractivity contribution < 1.29 is 14.6 Å². The smallest absolute Gasteiger partial charge is 0.328 e. The fourth-order valence-corrected chi connectivity index (χ4v) is 2.29. The van der Waals surface area contributed by atoms with Gasteiger partial charge in [-0.1, -0.05) is 19.3 Å². The maximum atomic E-state index is 10.8. The number of ether oxygens (including phenoxy) is 1. The van der Waals surface area contributed by atoms with Crippen molar-refractivity contribution in [3.63, 3.8) is 0 Å². The maximum absolute atomic E-state index is 10.8. The second-order valence-electron chi connectivity index (χ2n) is 4.99. The fraction of sp³-hybridized carbons (Fsp3) is 0.692. The first kappa shape index (κ1) is 12.9. The highest BCUT2D eigenvalue weighted by Gasteiger charge is 2.16. The summed E-state index contributed by atoms with van der Waals surface area (Å²) in [4.78, 5) is 10.8. The van der Waals surface area contributed by atoms with E-state index < -0.39 is 12.0 Å². The number of rotatable bonds is 5. The molecule has 1 heterocycles. The van der Waals surface area contributed by atoms with Crippen LogP contribution in [0.25, 0.3) is 0 Å². The number of aliphatic carboxylic acids is 1. The lowest BCUT2D eigenvalue weighted by atomic mass is 9.90. The molecule has 0 amide bonds. The van der Waals surface area contributed by atoms with Crippen LogP contribution in [0.5, 0.6) is 5.75 Å². The number of carboxylic acid groups (broad SMARTS) is 1. The van der Waals surface area contributed by atoms with Gasteiger partial charge in [0.1, 0.15) is 6.04 Å². The van der Waals surface area contributed by atoms with Crippen LogP contribution in [0.2, 0.25) is 0 Å².